The predicted octanol–water partition coefficient (Wildman–Crippen LogP) is 7.40. The average molecular weight is 653 g/mol. The van der Waals surface area contributed by atoms with Gasteiger partial charge >= 0.3 is 18.4 Å². The number of benzene rings is 1. The van der Waals surface area contributed by atoms with Gasteiger partial charge in [-0.15, -0.1) is 0 Å². The van der Waals surface area contributed by atoms with E-state index in [0.717, 1.165) is 17.0 Å². The number of H-pyrrole nitrogens is 1. The maximum absolute atomic E-state index is 13.5. The number of amides is 1. The number of hydrogen-bond donors (Lipinski definition) is 1. The van der Waals surface area contributed by atoms with Crippen LogP contribution in [0.15, 0.2) is 41.8 Å². The zero-order valence-corrected chi connectivity index (χ0v) is 25.3. The zero-order valence-electron chi connectivity index (χ0n) is 24.5. The van der Waals surface area contributed by atoms with Gasteiger partial charge in [-0.05, 0) is 56.9 Å². The molecule has 4 heterocycles. The average Bonchev–Trinajstić information content (AvgIpc) is 3.47. The number of nitrogens with zero attached hydrogens (tertiary/aromatic N) is 5. The molecule has 5 rings (SSSR count). The van der Waals surface area contributed by atoms with Gasteiger partial charge in [-0.2, -0.15) is 31.4 Å². The van der Waals surface area contributed by atoms with Crippen LogP contribution in [0.1, 0.15) is 46.8 Å². The number of cyclic esters (lactones) is 1. The van der Waals surface area contributed by atoms with Crippen LogP contribution in [-0.2, 0) is 23.6 Å². The fourth-order valence-corrected chi connectivity index (χ4v) is 5.59. The number of aromatic nitrogens is 5. The maximum Gasteiger partial charge on any atom is 0.416 e. The van der Waals surface area contributed by atoms with Crippen molar-refractivity contribution in [1.29, 1.82) is 0 Å². The molecule has 1 aromatic carbocycles. The van der Waals surface area contributed by atoms with E-state index in [9.17, 15) is 31.1 Å². The number of ether oxygens (including phenoxy) is 2. The number of carbonyl (C=O) groups excluding carboxylic acids is 1. The van der Waals surface area contributed by atoms with Gasteiger partial charge in [0.25, 0.3) is 0 Å². The molecule has 0 radical (unpaired) electrons. The van der Waals surface area contributed by atoms with Gasteiger partial charge in [0.2, 0.25) is 5.88 Å². The zero-order chi connectivity index (χ0) is 32.8. The van der Waals surface area contributed by atoms with Crippen LogP contribution in [0.25, 0.3) is 22.3 Å². The summed E-state index contributed by atoms with van der Waals surface area (Å²) in [6, 6.07) is 2.01. The smallest absolute Gasteiger partial charge is 0.416 e. The molecule has 3 aromatic heterocycles. The van der Waals surface area contributed by atoms with E-state index in [1.54, 1.807) is 18.6 Å². The van der Waals surface area contributed by atoms with Crippen LogP contribution in [0.3, 0.4) is 0 Å². The summed E-state index contributed by atoms with van der Waals surface area (Å²) in [6.45, 7) is 4.97. The Bertz CT molecular complexity index is 1710. The molecule has 1 aliphatic heterocycles. The summed E-state index contributed by atoms with van der Waals surface area (Å²) in [7, 11) is 1.44. The first-order chi connectivity index (χ1) is 21.1. The molecule has 0 unspecified atom stereocenters. The van der Waals surface area contributed by atoms with Crippen molar-refractivity contribution in [3.8, 4) is 28.1 Å². The number of halogens is 6. The van der Waals surface area contributed by atoms with Crippen molar-refractivity contribution >= 4 is 17.9 Å². The van der Waals surface area contributed by atoms with Gasteiger partial charge in [-0.1, -0.05) is 11.8 Å². The summed E-state index contributed by atoms with van der Waals surface area (Å²) in [5, 5.41) is 7.53. The molecule has 45 heavy (non-hydrogen) atoms. The number of aryl methyl sites for hydroxylation is 2. The van der Waals surface area contributed by atoms with E-state index < -0.39 is 47.3 Å². The lowest BCUT2D eigenvalue weighted by Gasteiger charge is -2.23. The van der Waals surface area contributed by atoms with Gasteiger partial charge in [-0.25, -0.2) is 19.7 Å². The van der Waals surface area contributed by atoms with Crippen LogP contribution in [0.4, 0.5) is 31.1 Å². The fourth-order valence-electron chi connectivity index (χ4n) is 5.23. The second-order valence-corrected chi connectivity index (χ2v) is 11.1. The molecule has 0 aliphatic carbocycles. The van der Waals surface area contributed by atoms with Gasteiger partial charge in [0, 0.05) is 40.3 Å². The van der Waals surface area contributed by atoms with Crippen LogP contribution in [-0.4, -0.2) is 55.5 Å². The van der Waals surface area contributed by atoms with Crippen molar-refractivity contribution in [2.45, 2.75) is 57.0 Å². The normalized spacial score (nSPS) is 17.1. The molecular weight excluding hydrogens is 626 g/mol. The molecule has 238 valence electrons. The Hall–Kier alpha value is -4.34. The Morgan fingerprint density at radius 1 is 1.00 bits per heavy atom. The van der Waals surface area contributed by atoms with E-state index in [0.29, 0.717) is 39.7 Å². The highest BCUT2D eigenvalue weighted by atomic mass is 32.2. The highest BCUT2D eigenvalue weighted by Crippen LogP contribution is 2.42. The van der Waals surface area contributed by atoms with Gasteiger partial charge in [0.15, 0.2) is 5.16 Å². The third-order valence-electron chi connectivity index (χ3n) is 7.43. The van der Waals surface area contributed by atoms with Crippen molar-refractivity contribution in [1.82, 2.24) is 30.0 Å². The van der Waals surface area contributed by atoms with E-state index in [1.165, 1.54) is 30.7 Å². The molecule has 16 heteroatoms. The van der Waals surface area contributed by atoms with Crippen LogP contribution in [0, 0.1) is 13.8 Å². The molecular formula is C29H26F6N6O3S. The predicted molar refractivity (Wildman–Crippen MR) is 151 cm³/mol. The molecule has 1 amide bonds. The Kier molecular flexibility index (Phi) is 8.46. The summed E-state index contributed by atoms with van der Waals surface area (Å²) in [6.07, 6.45) is -7.55. The number of aromatic amines is 1. The summed E-state index contributed by atoms with van der Waals surface area (Å²) in [5.41, 5.74) is 0.918. The van der Waals surface area contributed by atoms with E-state index in [2.05, 4.69) is 25.1 Å². The molecule has 0 saturated carbocycles. The SMILES string of the molecule is COc1ncc(-c2c(C)n[nH]c2C)cc1-c1cnc(SC)nc1CN1C(=O)O[C@H](c2cc(C(F)(F)F)cc(C(F)(F)F)c2)[C@@H]1C. The molecule has 4 aromatic rings. The second kappa shape index (κ2) is 11.9. The number of nitrogens with one attached hydrogen (secondary N) is 1. The van der Waals surface area contributed by atoms with E-state index in [1.807, 2.05) is 19.9 Å². The Morgan fingerprint density at radius 3 is 2.22 bits per heavy atom. The van der Waals surface area contributed by atoms with Crippen molar-refractivity contribution in [3.63, 3.8) is 0 Å². The number of alkyl halides is 6. The largest absolute Gasteiger partial charge is 0.481 e. The summed E-state index contributed by atoms with van der Waals surface area (Å²) >= 11 is 1.24. The standard InChI is InChI=1S/C29H26F6N6O3S/c1-13-23(14(2)40-39-13)17-8-20(25(43-4)36-10-17)21-11-37-26(45-5)38-22(21)12-41-15(3)24(44-27(41)42)16-6-18(28(30,31)32)9-19(7-16)29(33,34)35/h6-11,15,24H,12H2,1-5H3,(H,39,40)/t15-,24-/m0/s1. The number of rotatable bonds is 7. The molecule has 0 bridgehead atoms. The first kappa shape index (κ1) is 32.1. The minimum atomic E-state index is -5.05. The first-order valence-corrected chi connectivity index (χ1v) is 14.6. The number of carbonyl (C=O) groups is 1. The fraction of sp³-hybridized carbons (Fsp3) is 0.345. The van der Waals surface area contributed by atoms with Gasteiger partial charge < -0.3 is 9.47 Å². The van der Waals surface area contributed by atoms with Crippen molar-refractivity contribution in [3.05, 3.63) is 70.4 Å². The quantitative estimate of drug-likeness (QED) is 0.125. The number of methoxy groups -OCH3 is 1. The van der Waals surface area contributed by atoms with Crippen molar-refractivity contribution in [2.24, 2.45) is 0 Å². The highest BCUT2D eigenvalue weighted by molar-refractivity contribution is 7.98. The second-order valence-electron chi connectivity index (χ2n) is 10.3. The summed E-state index contributed by atoms with van der Waals surface area (Å²) in [5.74, 6) is 0.234. The molecule has 1 aliphatic rings. The molecule has 1 N–H and O–H groups in total. The lowest BCUT2D eigenvalue weighted by molar-refractivity contribution is -0.143. The molecule has 0 spiro atoms. The van der Waals surface area contributed by atoms with E-state index in [4.69, 9.17) is 9.47 Å². The van der Waals surface area contributed by atoms with Crippen LogP contribution < -0.4 is 4.74 Å². The number of pyridine rings is 1. The monoisotopic (exact) mass is 652 g/mol. The molecule has 1 fully saturated rings. The van der Waals surface area contributed by atoms with E-state index in [-0.39, 0.29) is 18.5 Å². The van der Waals surface area contributed by atoms with Gasteiger partial charge in [0.05, 0.1) is 42.2 Å². The topological polar surface area (TPSA) is 106 Å². The third-order valence-corrected chi connectivity index (χ3v) is 7.99. The molecule has 2 atom stereocenters. The number of thioether (sulfide) groups is 1. The van der Waals surface area contributed by atoms with Crippen molar-refractivity contribution in [2.75, 3.05) is 13.4 Å². The highest BCUT2D eigenvalue weighted by Gasteiger charge is 2.43. The summed E-state index contributed by atoms with van der Waals surface area (Å²) < 4.78 is 92.1. The van der Waals surface area contributed by atoms with Gasteiger partial charge in [0.1, 0.15) is 6.10 Å². The molecule has 1 saturated heterocycles. The first-order valence-electron chi connectivity index (χ1n) is 13.3. The minimum Gasteiger partial charge on any atom is -0.481 e. The Morgan fingerprint density at radius 2 is 1.67 bits per heavy atom. The lowest BCUT2D eigenvalue weighted by atomic mass is 9.97. The Labute approximate surface area is 257 Å². The maximum atomic E-state index is 13.5. The van der Waals surface area contributed by atoms with E-state index >= 15 is 0 Å². The molecule has 9 nitrogen and oxygen atoms in total. The Balaban J connectivity index is 1.56. The van der Waals surface area contributed by atoms with Crippen LogP contribution in [0.2, 0.25) is 0 Å². The third kappa shape index (κ3) is 6.28. The lowest BCUT2D eigenvalue weighted by Crippen LogP contribution is -2.32. The van der Waals surface area contributed by atoms with Crippen LogP contribution >= 0.6 is 11.8 Å². The summed E-state index contributed by atoms with van der Waals surface area (Å²) in [4.78, 5) is 27.7. The number of hydrogen-bond acceptors (Lipinski definition) is 8. The minimum absolute atomic E-state index is 0.0296. The van der Waals surface area contributed by atoms with Crippen LogP contribution in [0.5, 0.6) is 5.88 Å². The van der Waals surface area contributed by atoms with Crippen molar-refractivity contribution < 1.29 is 40.6 Å². The van der Waals surface area contributed by atoms with Gasteiger partial charge in [-0.3, -0.25) is 10.00 Å².